The van der Waals surface area contributed by atoms with Crippen molar-refractivity contribution in [3.8, 4) is 0 Å². The fourth-order valence-electron chi connectivity index (χ4n) is 3.99. The molecule has 0 aromatic heterocycles. The summed E-state index contributed by atoms with van der Waals surface area (Å²) >= 11 is 0. The third kappa shape index (κ3) is 12.1. The van der Waals surface area contributed by atoms with E-state index in [-0.39, 0.29) is 25.0 Å². The van der Waals surface area contributed by atoms with Gasteiger partial charge in [0.15, 0.2) is 5.79 Å². The molecular weight excluding hydrogens is 382 g/mol. The number of nitrogens with zero attached hydrogens (tertiary/aromatic N) is 3. The summed E-state index contributed by atoms with van der Waals surface area (Å²) in [6, 6.07) is -0.387. The maximum atomic E-state index is 8.89. The van der Waals surface area contributed by atoms with Gasteiger partial charge >= 0.3 is 0 Å². The number of azide groups is 1. The molecule has 7 heteroatoms. The van der Waals surface area contributed by atoms with Crippen molar-refractivity contribution in [2.75, 3.05) is 20.5 Å². The van der Waals surface area contributed by atoms with Crippen LogP contribution in [0.1, 0.15) is 104 Å². The highest BCUT2D eigenvalue weighted by Gasteiger charge is 2.40. The first-order chi connectivity index (χ1) is 14.5. The van der Waals surface area contributed by atoms with Gasteiger partial charge in [0.25, 0.3) is 0 Å². The number of ether oxygens (including phenoxy) is 4. The van der Waals surface area contributed by atoms with Crippen molar-refractivity contribution in [1.82, 2.24) is 0 Å². The summed E-state index contributed by atoms with van der Waals surface area (Å²) in [5, 5.41) is 3.88. The van der Waals surface area contributed by atoms with Crippen molar-refractivity contribution in [3.63, 3.8) is 0 Å². The maximum Gasteiger partial charge on any atom is 0.163 e. The number of hydrogen-bond acceptors (Lipinski definition) is 5. The van der Waals surface area contributed by atoms with Crippen LogP contribution >= 0.6 is 0 Å². The summed E-state index contributed by atoms with van der Waals surface area (Å²) in [6.45, 7) is 6.56. The highest BCUT2D eigenvalue weighted by molar-refractivity contribution is 4.89. The van der Waals surface area contributed by atoms with Crippen LogP contribution in [0.15, 0.2) is 5.11 Å². The van der Waals surface area contributed by atoms with Crippen LogP contribution < -0.4 is 0 Å². The average Bonchev–Trinajstić information content (AvgIpc) is 2.72. The number of methoxy groups -OCH3 is 1. The van der Waals surface area contributed by atoms with Crippen molar-refractivity contribution in [2.24, 2.45) is 5.11 Å². The van der Waals surface area contributed by atoms with Crippen LogP contribution in [0.2, 0.25) is 0 Å². The Bertz CT molecular complexity index is 469. The van der Waals surface area contributed by atoms with Gasteiger partial charge in [-0.2, -0.15) is 0 Å². The highest BCUT2D eigenvalue weighted by atomic mass is 16.7. The molecule has 0 radical (unpaired) electrons. The molecule has 30 heavy (non-hydrogen) atoms. The minimum absolute atomic E-state index is 0.174. The first-order valence-electron chi connectivity index (χ1n) is 12.0. The fourth-order valence-corrected chi connectivity index (χ4v) is 3.99. The van der Waals surface area contributed by atoms with Gasteiger partial charge in [-0.05, 0) is 25.8 Å². The van der Waals surface area contributed by atoms with E-state index < -0.39 is 5.79 Å². The highest BCUT2D eigenvalue weighted by Crippen LogP contribution is 2.29. The molecule has 3 atom stereocenters. The molecule has 0 aliphatic carbocycles. The van der Waals surface area contributed by atoms with E-state index >= 15 is 0 Å². The minimum Gasteiger partial charge on any atom is -0.359 e. The van der Waals surface area contributed by atoms with Crippen molar-refractivity contribution in [1.29, 1.82) is 0 Å². The Morgan fingerprint density at radius 3 is 2.10 bits per heavy atom. The lowest BCUT2D eigenvalue weighted by molar-refractivity contribution is -0.301. The van der Waals surface area contributed by atoms with E-state index in [1.165, 1.54) is 70.6 Å². The van der Waals surface area contributed by atoms with Gasteiger partial charge in [0, 0.05) is 12.0 Å². The van der Waals surface area contributed by atoms with Crippen LogP contribution in [0.25, 0.3) is 10.4 Å². The molecule has 0 amide bonds. The van der Waals surface area contributed by atoms with Gasteiger partial charge in [-0.3, -0.25) is 0 Å². The number of hydrogen-bond donors (Lipinski definition) is 0. The summed E-state index contributed by atoms with van der Waals surface area (Å²) in [6.07, 6.45) is 16.2. The first kappa shape index (κ1) is 27.2. The molecule has 1 rings (SSSR count). The molecule has 1 saturated heterocycles. The molecule has 0 aromatic rings. The van der Waals surface area contributed by atoms with Crippen LogP contribution in [0.5, 0.6) is 0 Å². The molecule has 0 unspecified atom stereocenters. The van der Waals surface area contributed by atoms with E-state index in [1.54, 1.807) is 7.11 Å². The zero-order chi connectivity index (χ0) is 22.1. The van der Waals surface area contributed by atoms with Crippen LogP contribution in [-0.2, 0) is 18.9 Å². The molecule has 0 spiro atoms. The lowest BCUT2D eigenvalue weighted by Gasteiger charge is -2.42. The van der Waals surface area contributed by atoms with Gasteiger partial charge in [-0.15, -0.1) is 0 Å². The van der Waals surface area contributed by atoms with Gasteiger partial charge in [0.2, 0.25) is 0 Å². The summed E-state index contributed by atoms with van der Waals surface area (Å²) in [5.41, 5.74) is 8.89. The monoisotopic (exact) mass is 427 g/mol. The standard InChI is InChI=1S/C23H45N3O4/c1-5-6-7-8-9-10-11-12-13-14-15-16-17-21(28-19-27-4)22-20(25-26-24)18-29-23(2,3)30-22/h20-22H,5-19H2,1-4H3/t20-,21+,22-/m0/s1. The molecule has 0 N–H and O–H groups in total. The third-order valence-corrected chi connectivity index (χ3v) is 5.71. The second-order valence-corrected chi connectivity index (χ2v) is 8.85. The van der Waals surface area contributed by atoms with E-state index in [0.717, 1.165) is 12.8 Å². The number of rotatable bonds is 18. The van der Waals surface area contributed by atoms with Crippen LogP contribution in [0.4, 0.5) is 0 Å². The van der Waals surface area contributed by atoms with Gasteiger partial charge in [0.1, 0.15) is 6.79 Å². The molecular formula is C23H45N3O4. The Labute approximate surface area is 183 Å². The molecule has 1 heterocycles. The van der Waals surface area contributed by atoms with Gasteiger partial charge in [-0.1, -0.05) is 89.1 Å². The quantitative estimate of drug-likeness (QED) is 0.0783. The summed E-state index contributed by atoms with van der Waals surface area (Å²) in [4.78, 5) is 2.96. The Morgan fingerprint density at radius 2 is 1.57 bits per heavy atom. The minimum atomic E-state index is -0.711. The summed E-state index contributed by atoms with van der Waals surface area (Å²) < 4.78 is 22.8. The van der Waals surface area contributed by atoms with Gasteiger partial charge < -0.3 is 18.9 Å². The zero-order valence-electron chi connectivity index (χ0n) is 19.8. The smallest absolute Gasteiger partial charge is 0.163 e. The summed E-state index contributed by atoms with van der Waals surface area (Å²) in [7, 11) is 1.61. The molecule has 0 aromatic carbocycles. The lowest BCUT2D eigenvalue weighted by atomic mass is 9.98. The SMILES string of the molecule is CCCCCCCCCCCCCC[C@@H](OCOC)[C@H]1OC(C)(C)OC[C@@H]1N=[N+]=[N-]. The maximum absolute atomic E-state index is 8.89. The predicted molar refractivity (Wildman–Crippen MR) is 120 cm³/mol. The first-order valence-corrected chi connectivity index (χ1v) is 12.0. The van der Waals surface area contributed by atoms with Gasteiger partial charge in [0.05, 0.1) is 24.9 Å². The third-order valence-electron chi connectivity index (χ3n) is 5.71. The van der Waals surface area contributed by atoms with Crippen LogP contribution in [0, 0.1) is 0 Å². The van der Waals surface area contributed by atoms with Crippen molar-refractivity contribution in [2.45, 2.75) is 128 Å². The molecule has 7 nitrogen and oxygen atoms in total. The molecule has 0 saturated carbocycles. The molecule has 1 fully saturated rings. The van der Waals surface area contributed by atoms with Crippen molar-refractivity contribution < 1.29 is 18.9 Å². The summed E-state index contributed by atoms with van der Waals surface area (Å²) in [5.74, 6) is -0.711. The number of unbranched alkanes of at least 4 members (excludes halogenated alkanes) is 11. The van der Waals surface area contributed by atoms with E-state index in [4.69, 9.17) is 24.5 Å². The normalized spacial score (nSPS) is 21.9. The lowest BCUT2D eigenvalue weighted by Crippen LogP contribution is -2.53. The van der Waals surface area contributed by atoms with Crippen LogP contribution in [0.3, 0.4) is 0 Å². The van der Waals surface area contributed by atoms with E-state index in [2.05, 4.69) is 16.9 Å². The zero-order valence-corrected chi connectivity index (χ0v) is 19.8. The van der Waals surface area contributed by atoms with Crippen molar-refractivity contribution in [3.05, 3.63) is 10.4 Å². The predicted octanol–water partition coefficient (Wildman–Crippen LogP) is 6.90. The Hall–Kier alpha value is -0.850. The second kappa shape index (κ2) is 16.8. The van der Waals surface area contributed by atoms with E-state index in [9.17, 15) is 0 Å². The molecule has 0 bridgehead atoms. The van der Waals surface area contributed by atoms with E-state index in [1.807, 2.05) is 13.8 Å². The molecule has 176 valence electrons. The molecule has 1 aliphatic rings. The van der Waals surface area contributed by atoms with Crippen LogP contribution in [-0.4, -0.2) is 44.5 Å². The largest absolute Gasteiger partial charge is 0.359 e. The topological polar surface area (TPSA) is 85.7 Å². The van der Waals surface area contributed by atoms with Crippen molar-refractivity contribution >= 4 is 0 Å². The van der Waals surface area contributed by atoms with E-state index in [0.29, 0.717) is 6.61 Å². The fraction of sp³-hybridized carbons (Fsp3) is 1.00. The Balaban J connectivity index is 2.29. The molecule has 1 aliphatic heterocycles. The Morgan fingerprint density at radius 1 is 1.00 bits per heavy atom. The Kier molecular flexibility index (Phi) is 15.2. The average molecular weight is 428 g/mol. The second-order valence-electron chi connectivity index (χ2n) is 8.85. The van der Waals surface area contributed by atoms with Gasteiger partial charge in [-0.25, -0.2) is 0 Å².